The number of halogens is 2. The van der Waals surface area contributed by atoms with Crippen LogP contribution in [0, 0.1) is 0 Å². The summed E-state index contributed by atoms with van der Waals surface area (Å²) in [5.41, 5.74) is 1.37. The van der Waals surface area contributed by atoms with Crippen molar-refractivity contribution < 1.29 is 9.59 Å². The van der Waals surface area contributed by atoms with E-state index in [0.29, 0.717) is 26.9 Å². The van der Waals surface area contributed by atoms with E-state index >= 15 is 0 Å². The summed E-state index contributed by atoms with van der Waals surface area (Å²) >= 11 is 11.9. The molecule has 0 heterocycles. The van der Waals surface area contributed by atoms with Gasteiger partial charge in [-0.2, -0.15) is 0 Å². The summed E-state index contributed by atoms with van der Waals surface area (Å²) in [5, 5.41) is 6.46. The van der Waals surface area contributed by atoms with Crippen LogP contribution in [0.25, 0.3) is 0 Å². The SMILES string of the molecule is CCC(C)NC(=O)c1ccc(C(=O)Nc2cc(Cl)ccc2Cl)cc1. The highest BCUT2D eigenvalue weighted by Gasteiger charge is 2.12. The Labute approximate surface area is 151 Å². The number of carbonyl (C=O) groups is 2. The van der Waals surface area contributed by atoms with Crippen molar-refractivity contribution in [3.05, 3.63) is 63.6 Å². The van der Waals surface area contributed by atoms with Crippen LogP contribution in [0.4, 0.5) is 5.69 Å². The van der Waals surface area contributed by atoms with Gasteiger partial charge in [-0.1, -0.05) is 30.1 Å². The second-order valence-electron chi connectivity index (χ2n) is 5.44. The smallest absolute Gasteiger partial charge is 0.255 e. The van der Waals surface area contributed by atoms with Gasteiger partial charge in [0.05, 0.1) is 10.7 Å². The standard InChI is InChI=1S/C18H18Cl2N2O2/c1-3-11(2)21-17(23)12-4-6-13(7-5-12)18(24)22-16-10-14(19)8-9-15(16)20/h4-11H,3H2,1-2H3,(H,21,23)(H,22,24). The van der Waals surface area contributed by atoms with Crippen molar-refractivity contribution in [1.29, 1.82) is 0 Å². The van der Waals surface area contributed by atoms with E-state index in [1.165, 1.54) is 0 Å². The van der Waals surface area contributed by atoms with Crippen LogP contribution in [-0.4, -0.2) is 17.9 Å². The number of rotatable bonds is 5. The van der Waals surface area contributed by atoms with Crippen molar-refractivity contribution in [1.82, 2.24) is 5.32 Å². The molecule has 2 rings (SSSR count). The van der Waals surface area contributed by atoms with Gasteiger partial charge in [0.25, 0.3) is 11.8 Å². The van der Waals surface area contributed by atoms with E-state index in [1.807, 2.05) is 13.8 Å². The van der Waals surface area contributed by atoms with Crippen molar-refractivity contribution in [3.8, 4) is 0 Å². The molecular formula is C18H18Cl2N2O2. The van der Waals surface area contributed by atoms with E-state index < -0.39 is 0 Å². The van der Waals surface area contributed by atoms with Gasteiger partial charge in [0, 0.05) is 22.2 Å². The first-order chi connectivity index (χ1) is 11.4. The molecule has 1 unspecified atom stereocenters. The quantitative estimate of drug-likeness (QED) is 0.802. The predicted molar refractivity (Wildman–Crippen MR) is 98.1 cm³/mol. The molecule has 0 fully saturated rings. The van der Waals surface area contributed by atoms with E-state index in [0.717, 1.165) is 6.42 Å². The Morgan fingerprint density at radius 1 is 1.00 bits per heavy atom. The fraction of sp³-hybridized carbons (Fsp3) is 0.222. The summed E-state index contributed by atoms with van der Waals surface area (Å²) < 4.78 is 0. The molecule has 2 N–H and O–H groups in total. The van der Waals surface area contributed by atoms with E-state index in [4.69, 9.17) is 23.2 Å². The Morgan fingerprint density at radius 2 is 1.58 bits per heavy atom. The molecule has 0 saturated carbocycles. The average Bonchev–Trinajstić information content (AvgIpc) is 2.58. The lowest BCUT2D eigenvalue weighted by atomic mass is 10.1. The molecule has 0 spiro atoms. The lowest BCUT2D eigenvalue weighted by Gasteiger charge is -2.12. The molecule has 0 aliphatic carbocycles. The lowest BCUT2D eigenvalue weighted by Crippen LogP contribution is -2.31. The monoisotopic (exact) mass is 364 g/mol. The van der Waals surface area contributed by atoms with E-state index in [1.54, 1.807) is 42.5 Å². The maximum Gasteiger partial charge on any atom is 0.255 e. The lowest BCUT2D eigenvalue weighted by molar-refractivity contribution is 0.0937. The van der Waals surface area contributed by atoms with Crippen LogP contribution >= 0.6 is 23.2 Å². The van der Waals surface area contributed by atoms with Crippen LogP contribution in [0.15, 0.2) is 42.5 Å². The molecule has 0 aromatic heterocycles. The number of nitrogens with one attached hydrogen (secondary N) is 2. The minimum absolute atomic E-state index is 0.102. The van der Waals surface area contributed by atoms with E-state index in [2.05, 4.69) is 10.6 Å². The minimum atomic E-state index is -0.326. The van der Waals surface area contributed by atoms with Gasteiger partial charge in [0.2, 0.25) is 0 Å². The third kappa shape index (κ3) is 4.73. The van der Waals surface area contributed by atoms with Crippen molar-refractivity contribution in [2.24, 2.45) is 0 Å². The van der Waals surface area contributed by atoms with E-state index in [9.17, 15) is 9.59 Å². The predicted octanol–water partition coefficient (Wildman–Crippen LogP) is 4.77. The summed E-state index contributed by atoms with van der Waals surface area (Å²) in [4.78, 5) is 24.3. The van der Waals surface area contributed by atoms with Gasteiger partial charge in [-0.15, -0.1) is 0 Å². The van der Waals surface area contributed by atoms with E-state index in [-0.39, 0.29) is 17.9 Å². The summed E-state index contributed by atoms with van der Waals surface area (Å²) in [6.07, 6.45) is 0.854. The molecule has 2 aromatic rings. The third-order valence-corrected chi connectivity index (χ3v) is 4.14. The zero-order valence-corrected chi connectivity index (χ0v) is 14.9. The zero-order chi connectivity index (χ0) is 17.7. The number of hydrogen-bond donors (Lipinski definition) is 2. The number of amides is 2. The average molecular weight is 365 g/mol. The van der Waals surface area contributed by atoms with Gasteiger partial charge in [-0.25, -0.2) is 0 Å². The number of benzene rings is 2. The van der Waals surface area contributed by atoms with Crippen molar-refractivity contribution in [2.75, 3.05) is 5.32 Å². The molecule has 6 heteroatoms. The van der Waals surface area contributed by atoms with Gasteiger partial charge < -0.3 is 10.6 Å². The molecule has 0 saturated heterocycles. The molecule has 1 atom stereocenters. The number of hydrogen-bond acceptors (Lipinski definition) is 2. The Hall–Kier alpha value is -2.04. The maximum atomic E-state index is 12.3. The summed E-state index contributed by atoms with van der Waals surface area (Å²) in [7, 11) is 0. The topological polar surface area (TPSA) is 58.2 Å². The highest BCUT2D eigenvalue weighted by molar-refractivity contribution is 6.35. The number of carbonyl (C=O) groups excluding carboxylic acids is 2. The van der Waals surface area contributed by atoms with Gasteiger partial charge in [0.15, 0.2) is 0 Å². The van der Waals surface area contributed by atoms with Crippen LogP contribution in [0.5, 0.6) is 0 Å². The van der Waals surface area contributed by atoms with Crippen LogP contribution in [0.3, 0.4) is 0 Å². The van der Waals surface area contributed by atoms with Gasteiger partial charge >= 0.3 is 0 Å². The Morgan fingerprint density at radius 3 is 2.17 bits per heavy atom. The maximum absolute atomic E-state index is 12.3. The molecular weight excluding hydrogens is 347 g/mol. The van der Waals surface area contributed by atoms with Gasteiger partial charge in [-0.05, 0) is 55.8 Å². The van der Waals surface area contributed by atoms with Crippen LogP contribution < -0.4 is 10.6 Å². The molecule has 4 nitrogen and oxygen atoms in total. The highest BCUT2D eigenvalue weighted by atomic mass is 35.5. The van der Waals surface area contributed by atoms with Crippen LogP contribution in [0.1, 0.15) is 41.0 Å². The molecule has 126 valence electrons. The molecule has 0 radical (unpaired) electrons. The van der Waals surface area contributed by atoms with Crippen molar-refractivity contribution in [3.63, 3.8) is 0 Å². The summed E-state index contributed by atoms with van der Waals surface area (Å²) in [5.74, 6) is -0.484. The largest absolute Gasteiger partial charge is 0.350 e. The second kappa shape index (κ2) is 8.18. The molecule has 2 amide bonds. The Kier molecular flexibility index (Phi) is 6.23. The normalized spacial score (nSPS) is 11.7. The molecule has 0 aliphatic heterocycles. The first-order valence-electron chi connectivity index (χ1n) is 7.58. The molecule has 0 bridgehead atoms. The van der Waals surface area contributed by atoms with Crippen LogP contribution in [0.2, 0.25) is 10.0 Å². The summed E-state index contributed by atoms with van der Waals surface area (Å²) in [6, 6.07) is 11.4. The zero-order valence-electron chi connectivity index (χ0n) is 13.4. The first kappa shape index (κ1) is 18.3. The Balaban J connectivity index is 2.08. The fourth-order valence-electron chi connectivity index (χ4n) is 1.97. The first-order valence-corrected chi connectivity index (χ1v) is 8.33. The molecule has 2 aromatic carbocycles. The molecule has 0 aliphatic rings. The third-order valence-electron chi connectivity index (χ3n) is 3.58. The van der Waals surface area contributed by atoms with Crippen molar-refractivity contribution in [2.45, 2.75) is 26.3 Å². The van der Waals surface area contributed by atoms with Gasteiger partial charge in [0.1, 0.15) is 0 Å². The fourth-order valence-corrected chi connectivity index (χ4v) is 2.31. The highest BCUT2D eigenvalue weighted by Crippen LogP contribution is 2.25. The second-order valence-corrected chi connectivity index (χ2v) is 6.28. The molecule has 24 heavy (non-hydrogen) atoms. The Bertz CT molecular complexity index is 745. The van der Waals surface area contributed by atoms with Crippen LogP contribution in [-0.2, 0) is 0 Å². The minimum Gasteiger partial charge on any atom is -0.350 e. The number of anilines is 1. The summed E-state index contributed by atoms with van der Waals surface area (Å²) in [6.45, 7) is 3.94. The van der Waals surface area contributed by atoms with Gasteiger partial charge in [-0.3, -0.25) is 9.59 Å². The van der Waals surface area contributed by atoms with Crippen molar-refractivity contribution >= 4 is 40.7 Å².